The monoisotopic (exact) mass is 383 g/mol. The average Bonchev–Trinajstić information content (AvgIpc) is 3.09. The molecule has 0 aliphatic heterocycles. The molecule has 138 valence electrons. The SMILES string of the molecule is C=CCn1c(SCc2cccc(C(=O)OC)c2)nnc1-c1ccccc1F. The van der Waals surface area contributed by atoms with Crippen molar-refractivity contribution in [2.45, 2.75) is 17.5 Å². The molecule has 1 aromatic heterocycles. The van der Waals surface area contributed by atoms with Gasteiger partial charge in [0.25, 0.3) is 0 Å². The Bertz CT molecular complexity index is 971. The zero-order chi connectivity index (χ0) is 19.2. The van der Waals surface area contributed by atoms with Crippen molar-refractivity contribution in [2.75, 3.05) is 7.11 Å². The van der Waals surface area contributed by atoms with Crippen LogP contribution in [0.4, 0.5) is 4.39 Å². The Morgan fingerprint density at radius 1 is 1.26 bits per heavy atom. The highest BCUT2D eigenvalue weighted by Crippen LogP contribution is 2.28. The van der Waals surface area contributed by atoms with E-state index in [1.165, 1.54) is 24.9 Å². The minimum absolute atomic E-state index is 0.349. The maximum absolute atomic E-state index is 14.2. The predicted octanol–water partition coefficient (Wildman–Crippen LogP) is 4.35. The number of hydrogen-bond acceptors (Lipinski definition) is 5. The molecule has 0 aliphatic carbocycles. The maximum atomic E-state index is 14.2. The predicted molar refractivity (Wildman–Crippen MR) is 103 cm³/mol. The average molecular weight is 383 g/mol. The fraction of sp³-hybridized carbons (Fsp3) is 0.150. The number of ether oxygens (including phenoxy) is 1. The second-order valence-corrected chi connectivity index (χ2v) is 6.61. The lowest BCUT2D eigenvalue weighted by molar-refractivity contribution is 0.0600. The van der Waals surface area contributed by atoms with Gasteiger partial charge < -0.3 is 4.74 Å². The van der Waals surface area contributed by atoms with Crippen LogP contribution < -0.4 is 0 Å². The number of allylic oxidation sites excluding steroid dienone is 1. The number of carbonyl (C=O) groups is 1. The number of thioether (sulfide) groups is 1. The number of benzene rings is 2. The van der Waals surface area contributed by atoms with Gasteiger partial charge in [-0.15, -0.1) is 16.8 Å². The molecular weight excluding hydrogens is 365 g/mol. The van der Waals surface area contributed by atoms with Crippen LogP contribution in [0.25, 0.3) is 11.4 Å². The number of halogens is 1. The summed E-state index contributed by atoms with van der Waals surface area (Å²) >= 11 is 1.46. The molecule has 0 radical (unpaired) electrons. The van der Waals surface area contributed by atoms with Crippen molar-refractivity contribution in [1.29, 1.82) is 0 Å². The Morgan fingerprint density at radius 3 is 2.81 bits per heavy atom. The van der Waals surface area contributed by atoms with Crippen LogP contribution in [0, 0.1) is 5.82 Å². The van der Waals surface area contributed by atoms with Gasteiger partial charge in [-0.3, -0.25) is 4.57 Å². The third-order valence-corrected chi connectivity index (χ3v) is 4.90. The fourth-order valence-electron chi connectivity index (χ4n) is 2.58. The molecule has 1 heterocycles. The summed E-state index contributed by atoms with van der Waals surface area (Å²) in [4.78, 5) is 11.7. The molecule has 0 bridgehead atoms. The molecule has 0 aliphatic rings. The van der Waals surface area contributed by atoms with Gasteiger partial charge in [0.2, 0.25) is 0 Å². The lowest BCUT2D eigenvalue weighted by Gasteiger charge is -2.09. The minimum Gasteiger partial charge on any atom is -0.465 e. The Morgan fingerprint density at radius 2 is 2.07 bits per heavy atom. The highest BCUT2D eigenvalue weighted by molar-refractivity contribution is 7.98. The molecule has 0 saturated heterocycles. The van der Waals surface area contributed by atoms with E-state index >= 15 is 0 Å². The molecule has 5 nitrogen and oxygen atoms in total. The van der Waals surface area contributed by atoms with Gasteiger partial charge in [-0.1, -0.05) is 42.1 Å². The van der Waals surface area contributed by atoms with Crippen molar-refractivity contribution in [3.63, 3.8) is 0 Å². The molecular formula is C20H18FN3O2S. The molecule has 3 aromatic rings. The minimum atomic E-state index is -0.376. The second-order valence-electron chi connectivity index (χ2n) is 5.67. The summed E-state index contributed by atoms with van der Waals surface area (Å²) in [6, 6.07) is 13.7. The zero-order valence-electron chi connectivity index (χ0n) is 14.8. The van der Waals surface area contributed by atoms with Crippen molar-refractivity contribution in [3.05, 3.63) is 78.1 Å². The van der Waals surface area contributed by atoms with E-state index in [4.69, 9.17) is 4.74 Å². The standard InChI is InChI=1S/C20H18FN3O2S/c1-3-11-24-18(16-9-4-5-10-17(16)21)22-23-20(24)27-13-14-7-6-8-15(12-14)19(25)26-2/h3-10,12H,1,11,13H2,2H3. The van der Waals surface area contributed by atoms with Gasteiger partial charge in [-0.05, 0) is 29.8 Å². The molecule has 0 N–H and O–H groups in total. The van der Waals surface area contributed by atoms with Crippen molar-refractivity contribution in [2.24, 2.45) is 0 Å². The number of hydrogen-bond donors (Lipinski definition) is 0. The third-order valence-electron chi connectivity index (χ3n) is 3.86. The van der Waals surface area contributed by atoms with Gasteiger partial charge in [0.1, 0.15) is 5.82 Å². The fourth-order valence-corrected chi connectivity index (χ4v) is 3.48. The molecule has 2 aromatic carbocycles. The van der Waals surface area contributed by atoms with Crippen LogP contribution in [-0.4, -0.2) is 27.8 Å². The number of aromatic nitrogens is 3. The molecule has 0 amide bonds. The largest absolute Gasteiger partial charge is 0.465 e. The number of esters is 1. The van der Waals surface area contributed by atoms with Gasteiger partial charge in [-0.2, -0.15) is 0 Å². The first-order valence-electron chi connectivity index (χ1n) is 8.23. The molecule has 0 spiro atoms. The van der Waals surface area contributed by atoms with Crippen molar-refractivity contribution < 1.29 is 13.9 Å². The van der Waals surface area contributed by atoms with Gasteiger partial charge in [0, 0.05) is 12.3 Å². The van der Waals surface area contributed by atoms with Crippen LogP contribution in [0.1, 0.15) is 15.9 Å². The lowest BCUT2D eigenvalue weighted by atomic mass is 10.1. The van der Waals surface area contributed by atoms with Crippen molar-refractivity contribution >= 4 is 17.7 Å². The van der Waals surface area contributed by atoms with Gasteiger partial charge in [0.05, 0.1) is 18.2 Å². The molecule has 27 heavy (non-hydrogen) atoms. The Hall–Kier alpha value is -2.93. The van der Waals surface area contributed by atoms with E-state index < -0.39 is 0 Å². The van der Waals surface area contributed by atoms with Crippen LogP contribution in [0.15, 0.2) is 66.3 Å². The van der Waals surface area contributed by atoms with E-state index in [-0.39, 0.29) is 11.8 Å². The van der Waals surface area contributed by atoms with E-state index in [0.29, 0.717) is 34.4 Å². The zero-order valence-corrected chi connectivity index (χ0v) is 15.6. The number of carbonyl (C=O) groups excluding carboxylic acids is 1. The highest BCUT2D eigenvalue weighted by atomic mass is 32.2. The van der Waals surface area contributed by atoms with Crippen LogP contribution in [-0.2, 0) is 17.0 Å². The molecule has 0 saturated carbocycles. The van der Waals surface area contributed by atoms with E-state index in [0.717, 1.165) is 5.56 Å². The summed E-state index contributed by atoms with van der Waals surface area (Å²) in [5.41, 5.74) is 1.84. The number of rotatable bonds is 7. The first-order chi connectivity index (χ1) is 13.1. The number of nitrogens with zero attached hydrogens (tertiary/aromatic N) is 3. The smallest absolute Gasteiger partial charge is 0.337 e. The van der Waals surface area contributed by atoms with Crippen LogP contribution in [0.5, 0.6) is 0 Å². The maximum Gasteiger partial charge on any atom is 0.337 e. The van der Waals surface area contributed by atoms with Crippen LogP contribution in [0.3, 0.4) is 0 Å². The molecule has 0 unspecified atom stereocenters. The number of methoxy groups -OCH3 is 1. The summed E-state index contributed by atoms with van der Waals surface area (Å²) in [6.07, 6.45) is 1.72. The topological polar surface area (TPSA) is 57.0 Å². The van der Waals surface area contributed by atoms with E-state index in [1.807, 2.05) is 10.6 Å². The summed E-state index contributed by atoms with van der Waals surface area (Å²) in [7, 11) is 1.35. The van der Waals surface area contributed by atoms with Crippen molar-refractivity contribution in [1.82, 2.24) is 14.8 Å². The molecule has 7 heteroatoms. The summed E-state index contributed by atoms with van der Waals surface area (Å²) < 4.78 is 20.7. The molecule has 0 atom stereocenters. The Kier molecular flexibility index (Phi) is 6.03. The van der Waals surface area contributed by atoms with Crippen LogP contribution >= 0.6 is 11.8 Å². The second kappa shape index (κ2) is 8.64. The van der Waals surface area contributed by atoms with Crippen LogP contribution in [0.2, 0.25) is 0 Å². The van der Waals surface area contributed by atoms with E-state index in [9.17, 15) is 9.18 Å². The Balaban J connectivity index is 1.85. The first-order valence-corrected chi connectivity index (χ1v) is 9.21. The summed E-state index contributed by atoms with van der Waals surface area (Å²) in [6.45, 7) is 4.22. The molecule has 0 fully saturated rings. The molecule has 3 rings (SSSR count). The van der Waals surface area contributed by atoms with Crippen molar-refractivity contribution in [3.8, 4) is 11.4 Å². The van der Waals surface area contributed by atoms with Gasteiger partial charge in [-0.25, -0.2) is 9.18 Å². The quantitative estimate of drug-likeness (QED) is 0.345. The van der Waals surface area contributed by atoms with Gasteiger partial charge >= 0.3 is 5.97 Å². The highest BCUT2D eigenvalue weighted by Gasteiger charge is 2.16. The Labute approximate surface area is 160 Å². The van der Waals surface area contributed by atoms with E-state index in [1.54, 1.807) is 42.5 Å². The van der Waals surface area contributed by atoms with Gasteiger partial charge in [0.15, 0.2) is 11.0 Å². The summed E-state index contributed by atoms with van der Waals surface area (Å²) in [5.74, 6) is 0.312. The summed E-state index contributed by atoms with van der Waals surface area (Å²) in [5, 5.41) is 9.03. The van der Waals surface area contributed by atoms with E-state index in [2.05, 4.69) is 16.8 Å². The lowest BCUT2D eigenvalue weighted by Crippen LogP contribution is -2.02. The normalized spacial score (nSPS) is 10.6. The first kappa shape index (κ1) is 18.8. The third kappa shape index (κ3) is 4.25.